The van der Waals surface area contributed by atoms with E-state index in [0.717, 1.165) is 0 Å². The summed E-state index contributed by atoms with van der Waals surface area (Å²) in [7, 11) is 1.63. The summed E-state index contributed by atoms with van der Waals surface area (Å²) in [5.74, 6) is -0.0212. The van der Waals surface area contributed by atoms with Gasteiger partial charge in [-0.05, 0) is 18.2 Å². The predicted octanol–water partition coefficient (Wildman–Crippen LogP) is 2.34. The predicted molar refractivity (Wildman–Crippen MR) is 72.6 cm³/mol. The molecule has 0 amide bonds. The highest BCUT2D eigenvalue weighted by Gasteiger charge is 2.07. The molecule has 8 heteroatoms. The van der Waals surface area contributed by atoms with E-state index in [9.17, 15) is 4.39 Å². The van der Waals surface area contributed by atoms with Gasteiger partial charge in [0.15, 0.2) is 0 Å². The number of benzene rings is 1. The molecule has 0 aliphatic rings. The molecule has 0 saturated heterocycles. The summed E-state index contributed by atoms with van der Waals surface area (Å²) in [5, 5.41) is 13.8. The molecule has 1 aromatic heterocycles. The number of nitrogens with zero attached hydrogens (tertiary/aromatic N) is 2. The number of rotatable bonds is 7. The second kappa shape index (κ2) is 7.18. The van der Waals surface area contributed by atoms with Gasteiger partial charge in [-0.2, -0.15) is 0 Å². The van der Waals surface area contributed by atoms with Crippen LogP contribution in [0.2, 0.25) is 5.02 Å². The molecule has 108 valence electrons. The largest absolute Gasteiger partial charge is 0.406 e. The van der Waals surface area contributed by atoms with Crippen LogP contribution in [0.1, 0.15) is 5.89 Å². The maximum absolute atomic E-state index is 13.2. The van der Waals surface area contributed by atoms with E-state index in [1.165, 1.54) is 12.1 Å². The number of hydrogen-bond acceptors (Lipinski definition) is 6. The second-order valence-electron chi connectivity index (χ2n) is 3.95. The Morgan fingerprint density at radius 1 is 1.35 bits per heavy atom. The van der Waals surface area contributed by atoms with Gasteiger partial charge in [-0.1, -0.05) is 16.7 Å². The number of anilines is 2. The molecule has 0 unspecified atom stereocenters. The third-order valence-electron chi connectivity index (χ3n) is 2.34. The lowest BCUT2D eigenvalue weighted by Gasteiger charge is -2.02. The van der Waals surface area contributed by atoms with E-state index < -0.39 is 5.82 Å². The zero-order valence-electron chi connectivity index (χ0n) is 10.8. The van der Waals surface area contributed by atoms with E-state index in [2.05, 4.69) is 20.8 Å². The van der Waals surface area contributed by atoms with Crippen LogP contribution in [0.15, 0.2) is 22.6 Å². The van der Waals surface area contributed by atoms with Gasteiger partial charge in [0, 0.05) is 24.4 Å². The van der Waals surface area contributed by atoms with E-state index in [0.29, 0.717) is 31.3 Å². The van der Waals surface area contributed by atoms with Gasteiger partial charge in [0.2, 0.25) is 5.89 Å². The van der Waals surface area contributed by atoms with Crippen LogP contribution < -0.4 is 10.6 Å². The summed E-state index contributed by atoms with van der Waals surface area (Å²) >= 11 is 5.75. The quantitative estimate of drug-likeness (QED) is 0.765. The molecule has 6 nitrogen and oxygen atoms in total. The summed E-state index contributed by atoms with van der Waals surface area (Å²) in [6, 6.07) is 4.24. The van der Waals surface area contributed by atoms with E-state index in [1.807, 2.05) is 0 Å². The van der Waals surface area contributed by atoms with Crippen molar-refractivity contribution in [2.24, 2.45) is 0 Å². The smallest absolute Gasteiger partial charge is 0.320 e. The number of ether oxygens (including phenoxy) is 1. The van der Waals surface area contributed by atoms with Crippen molar-refractivity contribution in [3.8, 4) is 0 Å². The third kappa shape index (κ3) is 4.44. The van der Waals surface area contributed by atoms with Gasteiger partial charge < -0.3 is 19.8 Å². The first-order valence-electron chi connectivity index (χ1n) is 5.92. The van der Waals surface area contributed by atoms with Crippen LogP contribution in [-0.2, 0) is 11.3 Å². The topological polar surface area (TPSA) is 72.2 Å². The van der Waals surface area contributed by atoms with Crippen LogP contribution in [0.5, 0.6) is 0 Å². The first-order chi connectivity index (χ1) is 9.67. The molecule has 0 atom stereocenters. The molecule has 2 rings (SSSR count). The highest BCUT2D eigenvalue weighted by atomic mass is 35.5. The Morgan fingerprint density at radius 2 is 2.20 bits per heavy atom. The molecule has 2 N–H and O–H groups in total. The minimum absolute atomic E-state index is 0.176. The van der Waals surface area contributed by atoms with Crippen molar-refractivity contribution in [2.45, 2.75) is 6.54 Å². The molecule has 0 fully saturated rings. The third-order valence-corrected chi connectivity index (χ3v) is 2.56. The van der Waals surface area contributed by atoms with Gasteiger partial charge >= 0.3 is 6.01 Å². The standard InChI is InChI=1S/C12H14ClFN4O2/c1-19-3-2-15-7-11-17-18-12(20-11)16-10-5-8(13)4-9(14)6-10/h4-6,15H,2-3,7H2,1H3,(H,16,18). The fourth-order valence-corrected chi connectivity index (χ4v) is 1.72. The minimum Gasteiger partial charge on any atom is -0.406 e. The van der Waals surface area contributed by atoms with Crippen molar-refractivity contribution in [1.82, 2.24) is 15.5 Å². The zero-order valence-corrected chi connectivity index (χ0v) is 11.6. The summed E-state index contributed by atoms with van der Waals surface area (Å²) < 4.78 is 23.4. The maximum atomic E-state index is 13.2. The Kier molecular flexibility index (Phi) is 5.28. The van der Waals surface area contributed by atoms with Crippen LogP contribution in [0, 0.1) is 5.82 Å². The number of hydrogen-bond donors (Lipinski definition) is 2. The van der Waals surface area contributed by atoms with E-state index in [-0.39, 0.29) is 11.0 Å². The molecule has 0 bridgehead atoms. The van der Waals surface area contributed by atoms with Gasteiger partial charge in [0.05, 0.1) is 13.2 Å². The first-order valence-corrected chi connectivity index (χ1v) is 6.30. The Balaban J connectivity index is 1.92. The Morgan fingerprint density at radius 3 is 2.95 bits per heavy atom. The van der Waals surface area contributed by atoms with Gasteiger partial charge in [-0.3, -0.25) is 0 Å². The molecule has 2 aromatic rings. The molecule has 1 aromatic carbocycles. The molecule has 0 aliphatic heterocycles. The Hall–Kier alpha value is -1.70. The van der Waals surface area contributed by atoms with Crippen molar-refractivity contribution < 1.29 is 13.5 Å². The molecule has 0 spiro atoms. The molecule has 1 heterocycles. The number of nitrogens with one attached hydrogen (secondary N) is 2. The van der Waals surface area contributed by atoms with Crippen molar-refractivity contribution >= 4 is 23.3 Å². The lowest BCUT2D eigenvalue weighted by Crippen LogP contribution is -2.18. The molecule has 0 saturated carbocycles. The highest BCUT2D eigenvalue weighted by Crippen LogP contribution is 2.21. The average molecular weight is 301 g/mol. The van der Waals surface area contributed by atoms with E-state index >= 15 is 0 Å². The van der Waals surface area contributed by atoms with Crippen molar-refractivity contribution in [3.63, 3.8) is 0 Å². The van der Waals surface area contributed by atoms with Gasteiger partial charge in [0.1, 0.15) is 5.82 Å². The van der Waals surface area contributed by atoms with Crippen LogP contribution in [0.4, 0.5) is 16.1 Å². The fourth-order valence-electron chi connectivity index (χ4n) is 1.49. The van der Waals surface area contributed by atoms with Crippen molar-refractivity contribution in [2.75, 3.05) is 25.6 Å². The lowest BCUT2D eigenvalue weighted by atomic mass is 10.3. The van der Waals surface area contributed by atoms with Crippen molar-refractivity contribution in [1.29, 1.82) is 0 Å². The fraction of sp³-hybridized carbons (Fsp3) is 0.333. The van der Waals surface area contributed by atoms with Crippen LogP contribution >= 0.6 is 11.6 Å². The second-order valence-corrected chi connectivity index (χ2v) is 4.39. The Labute approximate surface area is 120 Å². The summed E-state index contributed by atoms with van der Waals surface area (Å²) in [6.07, 6.45) is 0. The van der Waals surface area contributed by atoms with E-state index in [4.69, 9.17) is 20.8 Å². The van der Waals surface area contributed by atoms with Gasteiger partial charge in [-0.15, -0.1) is 5.10 Å². The molecule has 0 radical (unpaired) electrons. The summed E-state index contributed by atoms with van der Waals surface area (Å²) in [6.45, 7) is 1.71. The normalized spacial score (nSPS) is 10.8. The average Bonchev–Trinajstić information content (AvgIpc) is 2.81. The number of aromatic nitrogens is 2. The van der Waals surface area contributed by atoms with Crippen molar-refractivity contribution in [3.05, 3.63) is 34.9 Å². The monoisotopic (exact) mass is 300 g/mol. The molecular weight excluding hydrogens is 287 g/mol. The maximum Gasteiger partial charge on any atom is 0.320 e. The first kappa shape index (κ1) is 14.7. The van der Waals surface area contributed by atoms with Gasteiger partial charge in [-0.25, -0.2) is 4.39 Å². The Bertz CT molecular complexity index is 544. The number of halogens is 2. The van der Waals surface area contributed by atoms with E-state index in [1.54, 1.807) is 13.2 Å². The SMILES string of the molecule is COCCNCc1nnc(Nc2cc(F)cc(Cl)c2)o1. The molecule has 20 heavy (non-hydrogen) atoms. The van der Waals surface area contributed by atoms with Crippen LogP contribution in [-0.4, -0.2) is 30.5 Å². The summed E-state index contributed by atoms with van der Waals surface area (Å²) in [5.41, 5.74) is 0.442. The summed E-state index contributed by atoms with van der Waals surface area (Å²) in [4.78, 5) is 0. The molecule has 0 aliphatic carbocycles. The lowest BCUT2D eigenvalue weighted by molar-refractivity contribution is 0.198. The number of methoxy groups -OCH3 is 1. The van der Waals surface area contributed by atoms with Crippen LogP contribution in [0.3, 0.4) is 0 Å². The zero-order chi connectivity index (χ0) is 14.4. The minimum atomic E-state index is -0.444. The van der Waals surface area contributed by atoms with Gasteiger partial charge in [0.25, 0.3) is 0 Å². The van der Waals surface area contributed by atoms with Crippen LogP contribution in [0.25, 0.3) is 0 Å². The molecular formula is C12H14ClFN4O2. The highest BCUT2D eigenvalue weighted by molar-refractivity contribution is 6.30.